The van der Waals surface area contributed by atoms with E-state index in [4.69, 9.17) is 4.74 Å². The number of hydrogen-bond donors (Lipinski definition) is 1. The number of para-hydroxylation sites is 1. The SMILES string of the molecule is COc1ccccc1CN1CCC(C(=O)Nc2nc(C(C)=O)cs2)CC1. The predicted molar refractivity (Wildman–Crippen MR) is 102 cm³/mol. The van der Waals surface area contributed by atoms with Crippen LogP contribution in [0.2, 0.25) is 0 Å². The number of carbonyl (C=O) groups is 2. The van der Waals surface area contributed by atoms with Crippen molar-refractivity contribution in [3.05, 3.63) is 40.9 Å². The van der Waals surface area contributed by atoms with Crippen molar-refractivity contribution >= 4 is 28.2 Å². The van der Waals surface area contributed by atoms with Gasteiger partial charge in [-0.25, -0.2) is 4.98 Å². The van der Waals surface area contributed by atoms with Crippen LogP contribution in [0.1, 0.15) is 35.8 Å². The number of amides is 1. The molecule has 26 heavy (non-hydrogen) atoms. The van der Waals surface area contributed by atoms with Crippen molar-refractivity contribution < 1.29 is 14.3 Å². The molecule has 1 aliphatic rings. The van der Waals surface area contributed by atoms with Crippen LogP contribution in [-0.2, 0) is 11.3 Å². The van der Waals surface area contributed by atoms with E-state index in [0.717, 1.165) is 43.8 Å². The molecule has 1 fully saturated rings. The maximum absolute atomic E-state index is 12.4. The van der Waals surface area contributed by atoms with Gasteiger partial charge in [0.05, 0.1) is 7.11 Å². The van der Waals surface area contributed by atoms with Gasteiger partial charge in [-0.15, -0.1) is 11.3 Å². The number of nitrogens with one attached hydrogen (secondary N) is 1. The van der Waals surface area contributed by atoms with E-state index >= 15 is 0 Å². The number of anilines is 1. The molecule has 0 spiro atoms. The largest absolute Gasteiger partial charge is 0.496 e. The molecule has 2 aromatic rings. The Labute approximate surface area is 157 Å². The fourth-order valence-corrected chi connectivity index (χ4v) is 3.88. The van der Waals surface area contributed by atoms with Crippen LogP contribution in [0, 0.1) is 5.92 Å². The summed E-state index contributed by atoms with van der Waals surface area (Å²) in [5.41, 5.74) is 1.56. The molecule has 1 aromatic heterocycles. The zero-order valence-electron chi connectivity index (χ0n) is 15.0. The van der Waals surface area contributed by atoms with Gasteiger partial charge in [-0.3, -0.25) is 14.5 Å². The molecule has 3 rings (SSSR count). The van der Waals surface area contributed by atoms with Crippen LogP contribution in [0.3, 0.4) is 0 Å². The molecule has 2 heterocycles. The molecule has 0 unspecified atom stereocenters. The van der Waals surface area contributed by atoms with Gasteiger partial charge in [0.1, 0.15) is 11.4 Å². The summed E-state index contributed by atoms with van der Waals surface area (Å²) < 4.78 is 5.41. The molecule has 1 aromatic carbocycles. The Morgan fingerprint density at radius 1 is 1.31 bits per heavy atom. The monoisotopic (exact) mass is 373 g/mol. The van der Waals surface area contributed by atoms with Crippen LogP contribution in [-0.4, -0.2) is 41.8 Å². The van der Waals surface area contributed by atoms with E-state index in [9.17, 15) is 9.59 Å². The van der Waals surface area contributed by atoms with Gasteiger partial charge in [0, 0.05) is 30.3 Å². The molecule has 0 radical (unpaired) electrons. The highest BCUT2D eigenvalue weighted by atomic mass is 32.1. The van der Waals surface area contributed by atoms with E-state index in [1.165, 1.54) is 18.3 Å². The van der Waals surface area contributed by atoms with Crippen molar-refractivity contribution in [3.8, 4) is 5.75 Å². The van der Waals surface area contributed by atoms with Crippen LogP contribution < -0.4 is 10.1 Å². The first kappa shape index (κ1) is 18.5. The number of piperidine rings is 1. The van der Waals surface area contributed by atoms with E-state index in [-0.39, 0.29) is 17.6 Å². The molecule has 138 valence electrons. The molecule has 0 saturated carbocycles. The van der Waals surface area contributed by atoms with Crippen LogP contribution in [0.25, 0.3) is 0 Å². The minimum Gasteiger partial charge on any atom is -0.496 e. The second-order valence-corrected chi connectivity index (χ2v) is 7.30. The Bertz CT molecular complexity index is 782. The summed E-state index contributed by atoms with van der Waals surface area (Å²) >= 11 is 1.29. The number of ether oxygens (including phenoxy) is 1. The number of thiazole rings is 1. The number of likely N-dealkylation sites (tertiary alicyclic amines) is 1. The van der Waals surface area contributed by atoms with Crippen molar-refractivity contribution in [1.29, 1.82) is 0 Å². The molecule has 1 saturated heterocycles. The first-order valence-corrected chi connectivity index (χ1v) is 9.56. The Balaban J connectivity index is 1.51. The van der Waals surface area contributed by atoms with Crippen LogP contribution in [0.5, 0.6) is 5.75 Å². The zero-order chi connectivity index (χ0) is 18.5. The molecule has 1 amide bonds. The number of Topliss-reactive ketones (excluding diaryl/α,β-unsaturated/α-hetero) is 1. The Morgan fingerprint density at radius 3 is 2.69 bits per heavy atom. The fourth-order valence-electron chi connectivity index (χ4n) is 3.13. The predicted octanol–water partition coefficient (Wildman–Crippen LogP) is 3.21. The molecule has 7 heteroatoms. The summed E-state index contributed by atoms with van der Waals surface area (Å²) in [4.78, 5) is 30.2. The fraction of sp³-hybridized carbons (Fsp3) is 0.421. The minimum absolute atomic E-state index is 0.00797. The standard InChI is InChI=1S/C19H23N3O3S/c1-13(23)16-12-26-19(20-16)21-18(24)14-7-9-22(10-8-14)11-15-5-3-4-6-17(15)25-2/h3-6,12,14H,7-11H2,1-2H3,(H,20,21,24). The first-order valence-electron chi connectivity index (χ1n) is 8.68. The molecular weight excluding hydrogens is 350 g/mol. The van der Waals surface area contributed by atoms with Crippen molar-refractivity contribution in [2.75, 3.05) is 25.5 Å². The summed E-state index contributed by atoms with van der Waals surface area (Å²) in [6, 6.07) is 8.03. The lowest BCUT2D eigenvalue weighted by molar-refractivity contribution is -0.121. The second-order valence-electron chi connectivity index (χ2n) is 6.45. The Hall–Kier alpha value is -2.25. The lowest BCUT2D eigenvalue weighted by Gasteiger charge is -2.31. The second kappa shape index (κ2) is 8.42. The van der Waals surface area contributed by atoms with Gasteiger partial charge < -0.3 is 10.1 Å². The van der Waals surface area contributed by atoms with Crippen LogP contribution >= 0.6 is 11.3 Å². The lowest BCUT2D eigenvalue weighted by atomic mass is 9.95. The highest BCUT2D eigenvalue weighted by Gasteiger charge is 2.26. The van der Waals surface area contributed by atoms with Gasteiger partial charge in [-0.1, -0.05) is 18.2 Å². The number of nitrogens with zero attached hydrogens (tertiary/aromatic N) is 2. The molecule has 6 nitrogen and oxygen atoms in total. The molecule has 1 N–H and O–H groups in total. The van der Waals surface area contributed by atoms with Gasteiger partial charge in [0.15, 0.2) is 10.9 Å². The van der Waals surface area contributed by atoms with Gasteiger partial charge in [-0.05, 0) is 32.0 Å². The number of ketones is 1. The third-order valence-electron chi connectivity index (χ3n) is 4.64. The van der Waals surface area contributed by atoms with Crippen molar-refractivity contribution in [1.82, 2.24) is 9.88 Å². The molecule has 1 aliphatic heterocycles. The molecule has 0 atom stereocenters. The number of benzene rings is 1. The molecule has 0 bridgehead atoms. The van der Waals surface area contributed by atoms with Crippen molar-refractivity contribution in [2.24, 2.45) is 5.92 Å². The summed E-state index contributed by atoms with van der Waals surface area (Å²) in [5.74, 6) is 0.781. The van der Waals surface area contributed by atoms with Gasteiger partial charge in [0.25, 0.3) is 0 Å². The quantitative estimate of drug-likeness (QED) is 0.788. The third-order valence-corrected chi connectivity index (χ3v) is 5.40. The average Bonchev–Trinajstić information content (AvgIpc) is 3.11. The maximum atomic E-state index is 12.4. The average molecular weight is 373 g/mol. The molecule has 0 aliphatic carbocycles. The minimum atomic E-state index is -0.0913. The van der Waals surface area contributed by atoms with Crippen LogP contribution in [0.4, 0.5) is 5.13 Å². The number of hydrogen-bond acceptors (Lipinski definition) is 6. The van der Waals surface area contributed by atoms with E-state index in [2.05, 4.69) is 21.3 Å². The number of aromatic nitrogens is 1. The van der Waals surface area contributed by atoms with Crippen molar-refractivity contribution in [2.45, 2.75) is 26.3 Å². The highest BCUT2D eigenvalue weighted by molar-refractivity contribution is 7.14. The topological polar surface area (TPSA) is 71.5 Å². The third kappa shape index (κ3) is 4.47. The summed E-state index contributed by atoms with van der Waals surface area (Å²) in [6.45, 7) is 4.03. The highest BCUT2D eigenvalue weighted by Crippen LogP contribution is 2.25. The summed E-state index contributed by atoms with van der Waals surface area (Å²) in [6.07, 6.45) is 1.62. The zero-order valence-corrected chi connectivity index (χ0v) is 15.8. The van der Waals surface area contributed by atoms with E-state index in [1.807, 2.05) is 18.2 Å². The first-order chi connectivity index (χ1) is 12.6. The summed E-state index contributed by atoms with van der Waals surface area (Å²) in [7, 11) is 1.69. The Morgan fingerprint density at radius 2 is 2.04 bits per heavy atom. The molecular formula is C19H23N3O3S. The smallest absolute Gasteiger partial charge is 0.229 e. The number of methoxy groups -OCH3 is 1. The van der Waals surface area contributed by atoms with Crippen LogP contribution in [0.15, 0.2) is 29.6 Å². The van der Waals surface area contributed by atoms with E-state index in [0.29, 0.717) is 10.8 Å². The number of rotatable bonds is 6. The number of carbonyl (C=O) groups excluding carboxylic acids is 2. The van der Waals surface area contributed by atoms with E-state index in [1.54, 1.807) is 12.5 Å². The van der Waals surface area contributed by atoms with E-state index < -0.39 is 0 Å². The summed E-state index contributed by atoms with van der Waals surface area (Å²) in [5, 5.41) is 5.02. The normalized spacial score (nSPS) is 15.6. The van der Waals surface area contributed by atoms with Gasteiger partial charge in [0.2, 0.25) is 5.91 Å². The van der Waals surface area contributed by atoms with Gasteiger partial charge in [-0.2, -0.15) is 0 Å². The maximum Gasteiger partial charge on any atom is 0.229 e. The van der Waals surface area contributed by atoms with Crippen molar-refractivity contribution in [3.63, 3.8) is 0 Å². The van der Waals surface area contributed by atoms with Gasteiger partial charge >= 0.3 is 0 Å². The lowest BCUT2D eigenvalue weighted by Crippen LogP contribution is -2.37. The Kier molecular flexibility index (Phi) is 6.00.